The molecule has 4 aromatic rings. The summed E-state index contributed by atoms with van der Waals surface area (Å²) < 4.78 is 15.1. The molecule has 7 heterocycles. The van der Waals surface area contributed by atoms with E-state index in [2.05, 4.69) is 30.2 Å². The van der Waals surface area contributed by atoms with E-state index in [1.165, 1.54) is 6.07 Å². The average molecular weight is 914 g/mol. The number of piperazine rings is 1. The minimum atomic E-state index is -0.977. The molecular formula is C50H56FN9O7. The Morgan fingerprint density at radius 3 is 2.13 bits per heavy atom. The third kappa shape index (κ3) is 8.98. The molecule has 67 heavy (non-hydrogen) atoms. The van der Waals surface area contributed by atoms with Crippen LogP contribution in [0.4, 0.5) is 10.1 Å². The number of amides is 6. The molecule has 0 aliphatic carbocycles. The van der Waals surface area contributed by atoms with Crippen molar-refractivity contribution in [2.75, 3.05) is 76.9 Å². The van der Waals surface area contributed by atoms with Gasteiger partial charge in [0, 0.05) is 81.7 Å². The van der Waals surface area contributed by atoms with Crippen molar-refractivity contribution in [3.63, 3.8) is 0 Å². The molecule has 3 aromatic carbocycles. The van der Waals surface area contributed by atoms with Crippen LogP contribution in [0.3, 0.4) is 0 Å². The van der Waals surface area contributed by atoms with Gasteiger partial charge in [0.2, 0.25) is 17.7 Å². The van der Waals surface area contributed by atoms with Crippen LogP contribution in [-0.2, 0) is 20.8 Å². The number of benzene rings is 3. The number of anilines is 1. The van der Waals surface area contributed by atoms with Crippen LogP contribution in [0.5, 0.6) is 0 Å². The quantitative estimate of drug-likeness (QED) is 0.235. The van der Waals surface area contributed by atoms with E-state index in [-0.39, 0.29) is 35.8 Å². The van der Waals surface area contributed by atoms with Gasteiger partial charge in [-0.15, -0.1) is 0 Å². The van der Waals surface area contributed by atoms with Crippen molar-refractivity contribution >= 4 is 51.9 Å². The first-order chi connectivity index (χ1) is 32.5. The summed E-state index contributed by atoms with van der Waals surface area (Å²) in [4.78, 5) is 102. The van der Waals surface area contributed by atoms with E-state index in [1.54, 1.807) is 41.3 Å². The number of carbonyl (C=O) groups excluding carboxylic acids is 6. The molecule has 1 unspecified atom stereocenters. The zero-order chi connectivity index (χ0) is 46.3. The first kappa shape index (κ1) is 44.5. The van der Waals surface area contributed by atoms with E-state index < -0.39 is 41.4 Å². The number of fused-ring (bicyclic) bond motifs is 2. The second-order valence-electron chi connectivity index (χ2n) is 19.1. The van der Waals surface area contributed by atoms with E-state index >= 15 is 4.39 Å². The van der Waals surface area contributed by atoms with E-state index in [0.717, 1.165) is 94.9 Å². The standard InChI is InChI=1S/C50H56FN9O7/c51-41-8-5-32(28-42-36-3-1-2-4-37(36)45(62)54-53-42)27-40(41)48(65)59-25-23-58(24-26-59)47(64)33-13-21-56(22-14-33)34-15-17-55(18-16-34)30-31-11-19-57(20-12-31)35-6-7-38-39(29-35)50(67)60(49(38)66)43-9-10-44(61)52-46(43)63/h1-8,27,29,31,33-34,43H,9-26,28,30H2,(H,54,62)(H,52,61,63). The number of aromatic amines is 1. The van der Waals surface area contributed by atoms with Gasteiger partial charge in [-0.1, -0.05) is 24.3 Å². The molecule has 6 amide bonds. The van der Waals surface area contributed by atoms with Gasteiger partial charge in [-0.2, -0.15) is 5.10 Å². The molecule has 2 N–H and O–H groups in total. The minimum Gasteiger partial charge on any atom is -0.371 e. The molecule has 1 aromatic heterocycles. The fraction of sp³-hybridized carbons (Fsp3) is 0.480. The van der Waals surface area contributed by atoms with Crippen molar-refractivity contribution in [2.24, 2.45) is 11.8 Å². The van der Waals surface area contributed by atoms with Crippen molar-refractivity contribution in [3.8, 4) is 0 Å². The molecular weight excluding hydrogens is 858 g/mol. The number of nitrogens with zero attached hydrogens (tertiary/aromatic N) is 7. The van der Waals surface area contributed by atoms with E-state index in [1.807, 2.05) is 23.1 Å². The maximum atomic E-state index is 15.1. The highest BCUT2D eigenvalue weighted by Gasteiger charge is 2.45. The molecule has 10 rings (SSSR count). The van der Waals surface area contributed by atoms with E-state index in [0.29, 0.717) is 77.7 Å². The molecule has 16 nitrogen and oxygen atoms in total. The number of hydrogen-bond donors (Lipinski definition) is 2. The summed E-state index contributed by atoms with van der Waals surface area (Å²) in [7, 11) is 0. The zero-order valence-corrected chi connectivity index (χ0v) is 37.6. The predicted molar refractivity (Wildman–Crippen MR) is 246 cm³/mol. The number of rotatable bonds is 9. The molecule has 5 saturated heterocycles. The Kier molecular flexibility index (Phi) is 12.5. The first-order valence-electron chi connectivity index (χ1n) is 23.9. The predicted octanol–water partition coefficient (Wildman–Crippen LogP) is 3.43. The van der Waals surface area contributed by atoms with E-state index in [9.17, 15) is 33.6 Å². The number of H-pyrrole nitrogens is 1. The fourth-order valence-electron chi connectivity index (χ4n) is 11.3. The number of imide groups is 2. The molecule has 0 spiro atoms. The average Bonchev–Trinajstić information content (AvgIpc) is 3.60. The number of nitrogens with one attached hydrogen (secondary N) is 2. The van der Waals surface area contributed by atoms with Gasteiger partial charge in [-0.3, -0.25) is 43.8 Å². The van der Waals surface area contributed by atoms with Gasteiger partial charge < -0.3 is 24.5 Å². The molecule has 0 bridgehead atoms. The monoisotopic (exact) mass is 913 g/mol. The highest BCUT2D eigenvalue weighted by molar-refractivity contribution is 6.23. The van der Waals surface area contributed by atoms with Crippen molar-refractivity contribution in [3.05, 3.63) is 105 Å². The Bertz CT molecular complexity index is 2680. The fourth-order valence-corrected chi connectivity index (χ4v) is 11.3. The number of piperidine rings is 4. The SMILES string of the molecule is O=C1CCC(N2C(=O)c3ccc(N4CCC(CN5CCC(N6CCC(C(=O)N7CCN(C(=O)c8cc(Cc9n[nH]c(=O)c%10ccccc9%10)ccc8F)CC7)CC6)CC5)CC4)cc3C2=O)C(=O)N1. The van der Waals surface area contributed by atoms with Gasteiger partial charge in [-0.25, -0.2) is 9.49 Å². The third-order valence-corrected chi connectivity index (χ3v) is 15.2. The van der Waals surface area contributed by atoms with Gasteiger partial charge in [-0.05, 0) is 119 Å². The summed E-state index contributed by atoms with van der Waals surface area (Å²) in [6.45, 7) is 8.18. The lowest BCUT2D eigenvalue weighted by Gasteiger charge is -2.43. The Morgan fingerprint density at radius 2 is 1.40 bits per heavy atom. The Hall–Kier alpha value is -6.33. The summed E-state index contributed by atoms with van der Waals surface area (Å²) in [5.41, 5.74) is 2.54. The molecule has 5 fully saturated rings. The Balaban J connectivity index is 0.642. The van der Waals surface area contributed by atoms with Crippen LogP contribution in [0.25, 0.3) is 10.8 Å². The zero-order valence-electron chi connectivity index (χ0n) is 37.6. The number of aromatic nitrogens is 2. The van der Waals surface area contributed by atoms with Gasteiger partial charge in [0.25, 0.3) is 23.3 Å². The number of carbonyl (C=O) groups is 6. The van der Waals surface area contributed by atoms with Crippen LogP contribution in [0.15, 0.2) is 65.5 Å². The van der Waals surface area contributed by atoms with E-state index in [4.69, 9.17) is 0 Å². The smallest absolute Gasteiger partial charge is 0.272 e. The molecule has 17 heteroatoms. The Labute approximate surface area is 387 Å². The highest BCUT2D eigenvalue weighted by atomic mass is 19.1. The number of likely N-dealkylation sites (tertiary alicyclic amines) is 2. The van der Waals surface area contributed by atoms with Crippen molar-refractivity contribution in [1.82, 2.24) is 40.0 Å². The molecule has 6 aliphatic rings. The molecule has 350 valence electrons. The lowest BCUT2D eigenvalue weighted by Crippen LogP contribution is -2.54. The van der Waals surface area contributed by atoms with Crippen LogP contribution in [-0.4, -0.2) is 154 Å². The first-order valence-corrected chi connectivity index (χ1v) is 23.9. The van der Waals surface area contributed by atoms with Crippen LogP contribution in [0.1, 0.15) is 93.7 Å². The third-order valence-electron chi connectivity index (χ3n) is 15.2. The largest absolute Gasteiger partial charge is 0.371 e. The number of hydrogen-bond acceptors (Lipinski definition) is 11. The maximum Gasteiger partial charge on any atom is 0.272 e. The van der Waals surface area contributed by atoms with Crippen LogP contribution in [0.2, 0.25) is 0 Å². The number of halogens is 1. The van der Waals surface area contributed by atoms with Crippen LogP contribution >= 0.6 is 0 Å². The maximum absolute atomic E-state index is 15.1. The lowest BCUT2D eigenvalue weighted by atomic mass is 9.91. The second-order valence-corrected chi connectivity index (χ2v) is 19.1. The van der Waals surface area contributed by atoms with Crippen molar-refractivity contribution in [1.29, 1.82) is 0 Å². The van der Waals surface area contributed by atoms with Gasteiger partial charge >= 0.3 is 0 Å². The van der Waals surface area contributed by atoms with Crippen molar-refractivity contribution < 1.29 is 33.2 Å². The van der Waals surface area contributed by atoms with Crippen LogP contribution in [0, 0.1) is 17.7 Å². The molecule has 6 aliphatic heterocycles. The summed E-state index contributed by atoms with van der Waals surface area (Å²) in [5, 5.41) is 10.2. The highest BCUT2D eigenvalue weighted by Crippen LogP contribution is 2.33. The normalized spacial score (nSPS) is 21.9. The Morgan fingerprint density at radius 1 is 0.701 bits per heavy atom. The van der Waals surface area contributed by atoms with Crippen molar-refractivity contribution in [2.45, 2.75) is 69.9 Å². The molecule has 0 saturated carbocycles. The topological polar surface area (TPSA) is 180 Å². The van der Waals surface area contributed by atoms with Crippen LogP contribution < -0.4 is 15.8 Å². The van der Waals surface area contributed by atoms with Gasteiger partial charge in [0.1, 0.15) is 11.9 Å². The van der Waals surface area contributed by atoms with Gasteiger partial charge in [0.15, 0.2) is 0 Å². The summed E-state index contributed by atoms with van der Waals surface area (Å²) in [6.07, 6.45) is 6.45. The lowest BCUT2D eigenvalue weighted by molar-refractivity contribution is -0.139. The summed E-state index contributed by atoms with van der Waals surface area (Å²) in [5.74, 6) is -2.29. The summed E-state index contributed by atoms with van der Waals surface area (Å²) in [6, 6.07) is 16.6. The minimum absolute atomic E-state index is 0.0116. The second kappa shape index (κ2) is 18.7. The molecule has 1 atom stereocenters. The summed E-state index contributed by atoms with van der Waals surface area (Å²) >= 11 is 0. The molecule has 0 radical (unpaired) electrons. The van der Waals surface area contributed by atoms with Gasteiger partial charge in [0.05, 0.1) is 27.8 Å².